The van der Waals surface area contributed by atoms with Crippen LogP contribution in [0.5, 0.6) is 0 Å². The molecule has 0 aliphatic heterocycles. The van der Waals surface area contributed by atoms with E-state index in [1.807, 2.05) is 0 Å². The van der Waals surface area contributed by atoms with Crippen molar-refractivity contribution >= 4 is 51.0 Å². The predicted octanol–water partition coefficient (Wildman–Crippen LogP) is 5.63. The van der Waals surface area contributed by atoms with Gasteiger partial charge in [0, 0.05) is 10.8 Å². The molecule has 0 radical (unpaired) electrons. The number of ether oxygens (including phenoxy) is 2. The number of pyridine rings is 1. The third-order valence-corrected chi connectivity index (χ3v) is 3.86. The van der Waals surface area contributed by atoms with Crippen molar-refractivity contribution in [3.63, 3.8) is 0 Å². The van der Waals surface area contributed by atoms with Gasteiger partial charge in [-0.05, 0) is 53.7 Å². The van der Waals surface area contributed by atoms with Crippen LogP contribution in [-0.2, 0) is 9.47 Å². The fourth-order valence-corrected chi connectivity index (χ4v) is 3.04. The third kappa shape index (κ3) is 5.06. The number of carbonyl (C=O) groups excluding carboxylic acids is 2. The molecule has 6 nitrogen and oxygen atoms in total. The lowest BCUT2D eigenvalue weighted by atomic mass is 10.2. The number of fused-ring (bicyclic) bond motifs is 1. The van der Waals surface area contributed by atoms with E-state index in [0.717, 1.165) is 4.90 Å². The highest BCUT2D eigenvalue weighted by molar-refractivity contribution is 7.17. The lowest BCUT2D eigenvalue weighted by molar-refractivity contribution is 0.0431. The number of rotatable bonds is 1. The summed E-state index contributed by atoms with van der Waals surface area (Å²) in [6.45, 7) is 10.4. The van der Waals surface area contributed by atoms with Gasteiger partial charge < -0.3 is 9.47 Å². The summed E-state index contributed by atoms with van der Waals surface area (Å²) in [4.78, 5) is 31.0. The molecule has 0 N–H and O–H groups in total. The summed E-state index contributed by atoms with van der Waals surface area (Å²) in [5, 5.41) is 2.61. The van der Waals surface area contributed by atoms with Crippen LogP contribution in [0.25, 0.3) is 10.2 Å². The molecule has 0 atom stereocenters. The smallest absolute Gasteiger partial charge is 0.424 e. The van der Waals surface area contributed by atoms with Gasteiger partial charge in [-0.15, -0.1) is 11.3 Å². The van der Waals surface area contributed by atoms with E-state index in [9.17, 15) is 9.59 Å². The first-order valence-electron chi connectivity index (χ1n) is 7.67. The number of nitrogens with zero attached hydrogens (tertiary/aromatic N) is 2. The number of thiophene rings is 1. The molecule has 2 aromatic heterocycles. The number of anilines is 1. The van der Waals surface area contributed by atoms with Crippen LogP contribution in [0, 0.1) is 0 Å². The summed E-state index contributed by atoms with van der Waals surface area (Å²) in [6.07, 6.45) is -1.62. The van der Waals surface area contributed by atoms with Gasteiger partial charge in [-0.25, -0.2) is 14.6 Å². The molecule has 0 fully saturated rings. The van der Waals surface area contributed by atoms with Crippen molar-refractivity contribution in [3.05, 3.63) is 22.7 Å². The molecule has 0 aliphatic rings. The molecule has 0 saturated heterocycles. The van der Waals surface area contributed by atoms with E-state index >= 15 is 0 Å². The summed E-state index contributed by atoms with van der Waals surface area (Å²) >= 11 is 7.18. The number of imide groups is 1. The molecule has 0 unspecified atom stereocenters. The van der Waals surface area contributed by atoms with Crippen molar-refractivity contribution in [1.29, 1.82) is 0 Å². The average Bonchev–Trinajstić information content (AvgIpc) is 2.77. The topological polar surface area (TPSA) is 68.7 Å². The van der Waals surface area contributed by atoms with Gasteiger partial charge in [0.1, 0.15) is 21.2 Å². The van der Waals surface area contributed by atoms with E-state index in [-0.39, 0.29) is 0 Å². The van der Waals surface area contributed by atoms with Gasteiger partial charge in [-0.1, -0.05) is 11.6 Å². The molecule has 8 heteroatoms. The molecule has 2 rings (SSSR count). The van der Waals surface area contributed by atoms with Gasteiger partial charge in [0.25, 0.3) is 0 Å². The molecular weight excluding hydrogens is 364 g/mol. The van der Waals surface area contributed by atoms with E-state index in [0.29, 0.717) is 21.1 Å². The summed E-state index contributed by atoms with van der Waals surface area (Å²) in [5.74, 6) is 0. The van der Waals surface area contributed by atoms with Gasteiger partial charge in [-0.3, -0.25) is 0 Å². The van der Waals surface area contributed by atoms with Gasteiger partial charge in [-0.2, -0.15) is 4.90 Å². The first-order chi connectivity index (χ1) is 11.4. The maximum Gasteiger partial charge on any atom is 0.424 e. The van der Waals surface area contributed by atoms with Gasteiger partial charge in [0.05, 0.1) is 5.69 Å². The standard InChI is InChI=1S/C17H21ClN2O4S/c1-16(2,3)23-14(21)20(15(22)24-17(4,5)6)11-9-25-13-10(11)7-8-12(18)19-13/h7-9H,1-6H3. The number of carbonyl (C=O) groups is 2. The minimum Gasteiger partial charge on any atom is -0.443 e. The Morgan fingerprint density at radius 1 is 1.04 bits per heavy atom. The molecule has 2 aromatic rings. The monoisotopic (exact) mass is 384 g/mol. The summed E-state index contributed by atoms with van der Waals surface area (Å²) in [6, 6.07) is 3.31. The second kappa shape index (κ2) is 6.80. The zero-order valence-electron chi connectivity index (χ0n) is 15.0. The van der Waals surface area contributed by atoms with E-state index in [1.54, 1.807) is 59.1 Å². The molecule has 0 bridgehead atoms. The lowest BCUT2D eigenvalue weighted by Gasteiger charge is -2.28. The number of amides is 2. The van der Waals surface area contributed by atoms with E-state index in [2.05, 4.69) is 4.98 Å². The largest absolute Gasteiger partial charge is 0.443 e. The Labute approximate surface area is 155 Å². The Morgan fingerprint density at radius 2 is 1.56 bits per heavy atom. The second-order valence-electron chi connectivity index (χ2n) is 7.40. The Morgan fingerprint density at radius 3 is 2.04 bits per heavy atom. The molecule has 0 saturated carbocycles. The number of hydrogen-bond acceptors (Lipinski definition) is 6. The zero-order valence-corrected chi connectivity index (χ0v) is 16.6. The number of aromatic nitrogens is 1. The van der Waals surface area contributed by atoms with Gasteiger partial charge in [0.2, 0.25) is 0 Å². The maximum atomic E-state index is 12.7. The fourth-order valence-electron chi connectivity index (χ4n) is 1.94. The van der Waals surface area contributed by atoms with Gasteiger partial charge in [0.15, 0.2) is 0 Å². The second-order valence-corrected chi connectivity index (χ2v) is 8.65. The van der Waals surface area contributed by atoms with Crippen LogP contribution in [0.3, 0.4) is 0 Å². The summed E-state index contributed by atoms with van der Waals surface area (Å²) < 4.78 is 10.8. The van der Waals surface area contributed by atoms with Crippen molar-refractivity contribution in [3.8, 4) is 0 Å². The average molecular weight is 385 g/mol. The highest BCUT2D eigenvalue weighted by Gasteiger charge is 2.34. The van der Waals surface area contributed by atoms with E-state index < -0.39 is 23.4 Å². The molecule has 0 aliphatic carbocycles. The fraction of sp³-hybridized carbons (Fsp3) is 0.471. The van der Waals surface area contributed by atoms with E-state index in [4.69, 9.17) is 21.1 Å². The zero-order chi connectivity index (χ0) is 19.0. The Bertz CT molecular complexity index is 777. The van der Waals surface area contributed by atoms with Crippen LogP contribution in [0.2, 0.25) is 5.15 Å². The van der Waals surface area contributed by atoms with Crippen LogP contribution in [-0.4, -0.2) is 28.4 Å². The molecule has 2 amide bonds. The maximum absolute atomic E-state index is 12.7. The molecular formula is C17H21ClN2O4S. The first-order valence-corrected chi connectivity index (χ1v) is 8.93. The van der Waals surface area contributed by atoms with Crippen LogP contribution in [0.4, 0.5) is 15.3 Å². The number of hydrogen-bond donors (Lipinski definition) is 0. The van der Waals surface area contributed by atoms with Crippen LogP contribution >= 0.6 is 22.9 Å². The van der Waals surface area contributed by atoms with Crippen LogP contribution in [0.15, 0.2) is 17.5 Å². The van der Waals surface area contributed by atoms with Crippen molar-refractivity contribution in [2.45, 2.75) is 52.7 Å². The highest BCUT2D eigenvalue weighted by Crippen LogP contribution is 2.34. The Hall–Kier alpha value is -1.86. The number of halogens is 1. The summed E-state index contributed by atoms with van der Waals surface area (Å²) in [7, 11) is 0. The van der Waals surface area contributed by atoms with Crippen molar-refractivity contribution in [2.24, 2.45) is 0 Å². The van der Waals surface area contributed by atoms with Gasteiger partial charge >= 0.3 is 12.2 Å². The molecule has 136 valence electrons. The highest BCUT2D eigenvalue weighted by atomic mass is 35.5. The van der Waals surface area contributed by atoms with Crippen molar-refractivity contribution in [2.75, 3.05) is 4.90 Å². The normalized spacial score (nSPS) is 12.1. The van der Waals surface area contributed by atoms with Crippen LogP contribution in [0.1, 0.15) is 41.5 Å². The quantitative estimate of drug-likeness (QED) is 0.596. The van der Waals surface area contributed by atoms with E-state index in [1.165, 1.54) is 11.3 Å². The summed E-state index contributed by atoms with van der Waals surface area (Å²) in [5.41, 5.74) is -1.16. The van der Waals surface area contributed by atoms with Crippen molar-refractivity contribution in [1.82, 2.24) is 4.98 Å². The molecule has 0 aromatic carbocycles. The minimum atomic E-state index is -0.809. The minimum absolute atomic E-state index is 0.335. The molecule has 25 heavy (non-hydrogen) atoms. The van der Waals surface area contributed by atoms with Crippen LogP contribution < -0.4 is 4.90 Å². The predicted molar refractivity (Wildman–Crippen MR) is 99.6 cm³/mol. The third-order valence-electron chi connectivity index (χ3n) is 2.78. The first kappa shape index (κ1) is 19.5. The lowest BCUT2D eigenvalue weighted by Crippen LogP contribution is -2.43. The molecule has 0 spiro atoms. The Kier molecular flexibility index (Phi) is 5.30. The molecule has 2 heterocycles. The SMILES string of the molecule is CC(C)(C)OC(=O)N(C(=O)OC(C)(C)C)c1csc2nc(Cl)ccc12. The Balaban J connectivity index is 2.49. The van der Waals surface area contributed by atoms with Crippen molar-refractivity contribution < 1.29 is 19.1 Å².